The average molecular weight is 291 g/mol. The van der Waals surface area contributed by atoms with E-state index in [-0.39, 0.29) is 5.03 Å². The maximum Gasteiger partial charge on any atom is 0.260 e. The van der Waals surface area contributed by atoms with E-state index in [0.29, 0.717) is 38.5 Å². The van der Waals surface area contributed by atoms with Crippen molar-refractivity contribution in [2.24, 2.45) is 0 Å². The molecule has 19 heavy (non-hydrogen) atoms. The Morgan fingerprint density at radius 2 is 1.95 bits per heavy atom. The SMILES string of the molecule is COCCCN(CCOC)S(=O)(=O)c1cnc(C)[nH]1. The van der Waals surface area contributed by atoms with E-state index in [2.05, 4.69) is 9.97 Å². The Balaban J connectivity index is 2.82. The fraction of sp³-hybridized carbons (Fsp3) is 0.727. The molecular weight excluding hydrogens is 270 g/mol. The average Bonchev–Trinajstić information content (AvgIpc) is 2.81. The molecule has 0 atom stereocenters. The summed E-state index contributed by atoms with van der Waals surface area (Å²) in [5, 5.41) is 0.110. The van der Waals surface area contributed by atoms with Gasteiger partial charge >= 0.3 is 0 Å². The zero-order valence-electron chi connectivity index (χ0n) is 11.5. The van der Waals surface area contributed by atoms with E-state index in [1.165, 1.54) is 10.5 Å². The summed E-state index contributed by atoms with van der Waals surface area (Å²) >= 11 is 0. The van der Waals surface area contributed by atoms with Crippen LogP contribution in [0, 0.1) is 6.92 Å². The van der Waals surface area contributed by atoms with Gasteiger partial charge in [0.05, 0.1) is 12.8 Å². The number of rotatable bonds is 9. The van der Waals surface area contributed by atoms with Crippen LogP contribution < -0.4 is 0 Å². The van der Waals surface area contributed by atoms with E-state index in [1.54, 1.807) is 21.1 Å². The minimum atomic E-state index is -3.55. The number of hydrogen-bond acceptors (Lipinski definition) is 5. The predicted octanol–water partition coefficient (Wildman–Crippen LogP) is 0.392. The van der Waals surface area contributed by atoms with Gasteiger partial charge in [0, 0.05) is 33.9 Å². The van der Waals surface area contributed by atoms with Crippen LogP contribution in [0.1, 0.15) is 12.2 Å². The second-order valence-electron chi connectivity index (χ2n) is 4.08. The van der Waals surface area contributed by atoms with Gasteiger partial charge in [-0.2, -0.15) is 4.31 Å². The number of aromatic nitrogens is 2. The Hall–Kier alpha value is -0.960. The highest BCUT2D eigenvalue weighted by Crippen LogP contribution is 2.13. The maximum absolute atomic E-state index is 12.4. The van der Waals surface area contributed by atoms with Crippen molar-refractivity contribution < 1.29 is 17.9 Å². The quantitative estimate of drug-likeness (QED) is 0.665. The first-order valence-electron chi connectivity index (χ1n) is 6.02. The van der Waals surface area contributed by atoms with Crippen molar-refractivity contribution in [1.29, 1.82) is 0 Å². The van der Waals surface area contributed by atoms with Crippen molar-refractivity contribution in [2.75, 3.05) is 40.5 Å². The van der Waals surface area contributed by atoms with Gasteiger partial charge < -0.3 is 14.5 Å². The summed E-state index contributed by atoms with van der Waals surface area (Å²) in [6.45, 7) is 3.27. The monoisotopic (exact) mass is 291 g/mol. The molecule has 0 fully saturated rings. The zero-order chi connectivity index (χ0) is 14.3. The van der Waals surface area contributed by atoms with Gasteiger partial charge in [-0.3, -0.25) is 0 Å². The highest BCUT2D eigenvalue weighted by molar-refractivity contribution is 7.89. The normalized spacial score (nSPS) is 12.2. The van der Waals surface area contributed by atoms with Gasteiger partial charge in [0.1, 0.15) is 5.82 Å². The highest BCUT2D eigenvalue weighted by Gasteiger charge is 2.25. The predicted molar refractivity (Wildman–Crippen MR) is 70.5 cm³/mol. The molecular formula is C11H21N3O4S. The second kappa shape index (κ2) is 7.59. The van der Waals surface area contributed by atoms with Gasteiger partial charge in [-0.15, -0.1) is 0 Å². The summed E-state index contributed by atoms with van der Waals surface area (Å²) < 4.78 is 36.1. The topological polar surface area (TPSA) is 84.5 Å². The molecule has 1 aromatic heterocycles. The van der Waals surface area contributed by atoms with Crippen molar-refractivity contribution in [3.05, 3.63) is 12.0 Å². The largest absolute Gasteiger partial charge is 0.385 e. The van der Waals surface area contributed by atoms with E-state index < -0.39 is 10.0 Å². The van der Waals surface area contributed by atoms with Crippen LogP contribution in [-0.2, 0) is 19.5 Å². The van der Waals surface area contributed by atoms with E-state index in [1.807, 2.05) is 0 Å². The molecule has 7 nitrogen and oxygen atoms in total. The molecule has 0 saturated heterocycles. The molecule has 0 aliphatic rings. The summed E-state index contributed by atoms with van der Waals surface area (Å²) in [6.07, 6.45) is 1.97. The minimum absolute atomic E-state index is 0.110. The number of nitrogens with one attached hydrogen (secondary N) is 1. The van der Waals surface area contributed by atoms with Crippen LogP contribution in [0.25, 0.3) is 0 Å². The lowest BCUT2D eigenvalue weighted by Crippen LogP contribution is -2.35. The maximum atomic E-state index is 12.4. The number of H-pyrrole nitrogens is 1. The molecule has 0 spiro atoms. The number of hydrogen-bond donors (Lipinski definition) is 1. The third-order valence-corrected chi connectivity index (χ3v) is 4.41. The lowest BCUT2D eigenvalue weighted by molar-refractivity contribution is 0.164. The zero-order valence-corrected chi connectivity index (χ0v) is 12.4. The minimum Gasteiger partial charge on any atom is -0.385 e. The first-order chi connectivity index (χ1) is 9.02. The van der Waals surface area contributed by atoms with E-state index in [9.17, 15) is 8.42 Å². The lowest BCUT2D eigenvalue weighted by Gasteiger charge is -2.20. The van der Waals surface area contributed by atoms with Gasteiger partial charge in [0.2, 0.25) is 0 Å². The molecule has 0 aliphatic heterocycles. The van der Waals surface area contributed by atoms with Gasteiger partial charge in [-0.1, -0.05) is 0 Å². The number of ether oxygens (including phenoxy) is 2. The molecule has 0 aliphatic carbocycles. The Bertz CT molecular complexity index is 472. The summed E-state index contributed by atoms with van der Waals surface area (Å²) in [6, 6.07) is 0. The standard InChI is InChI=1S/C11H21N3O4S/c1-10-12-9-11(13-10)19(15,16)14(6-8-18-3)5-4-7-17-2/h9H,4-8H2,1-3H3,(H,12,13). The molecule has 0 radical (unpaired) electrons. The van der Waals surface area contributed by atoms with Crippen molar-refractivity contribution in [3.63, 3.8) is 0 Å². The first-order valence-corrected chi connectivity index (χ1v) is 7.46. The molecule has 0 unspecified atom stereocenters. The van der Waals surface area contributed by atoms with Gasteiger partial charge in [0.25, 0.3) is 10.0 Å². The molecule has 110 valence electrons. The Morgan fingerprint density at radius 1 is 1.26 bits per heavy atom. The fourth-order valence-corrected chi connectivity index (χ4v) is 3.02. The van der Waals surface area contributed by atoms with Gasteiger partial charge in [-0.05, 0) is 13.3 Å². The van der Waals surface area contributed by atoms with Crippen LogP contribution in [0.5, 0.6) is 0 Å². The molecule has 0 amide bonds. The Kier molecular flexibility index (Phi) is 6.43. The number of aromatic amines is 1. The van der Waals surface area contributed by atoms with Crippen molar-refractivity contribution in [1.82, 2.24) is 14.3 Å². The summed E-state index contributed by atoms with van der Waals surface area (Å²) in [5.41, 5.74) is 0. The van der Waals surface area contributed by atoms with E-state index >= 15 is 0 Å². The number of sulfonamides is 1. The van der Waals surface area contributed by atoms with Crippen LogP contribution in [0.2, 0.25) is 0 Å². The lowest BCUT2D eigenvalue weighted by atomic mass is 10.4. The molecule has 1 rings (SSSR count). The third-order valence-electron chi connectivity index (χ3n) is 2.60. The number of imidazole rings is 1. The highest BCUT2D eigenvalue weighted by atomic mass is 32.2. The van der Waals surface area contributed by atoms with E-state index in [0.717, 1.165) is 0 Å². The summed E-state index contributed by atoms with van der Waals surface area (Å²) in [7, 11) is -0.422. The van der Waals surface area contributed by atoms with Crippen LogP contribution >= 0.6 is 0 Å². The Labute approximate surface area is 114 Å². The molecule has 1 N–H and O–H groups in total. The first kappa shape index (κ1) is 16.1. The van der Waals surface area contributed by atoms with Crippen LogP contribution in [0.15, 0.2) is 11.2 Å². The summed E-state index contributed by atoms with van der Waals surface area (Å²) in [5.74, 6) is 0.571. The van der Waals surface area contributed by atoms with Gasteiger partial charge in [0.15, 0.2) is 5.03 Å². The van der Waals surface area contributed by atoms with E-state index in [4.69, 9.17) is 9.47 Å². The number of methoxy groups -OCH3 is 2. The van der Waals surface area contributed by atoms with Gasteiger partial charge in [-0.25, -0.2) is 13.4 Å². The fourth-order valence-electron chi connectivity index (χ4n) is 1.60. The molecule has 0 saturated carbocycles. The molecule has 0 aromatic carbocycles. The third kappa shape index (κ3) is 4.57. The van der Waals surface area contributed by atoms with Crippen LogP contribution in [0.3, 0.4) is 0 Å². The molecule has 1 aromatic rings. The van der Waals surface area contributed by atoms with Crippen molar-refractivity contribution in [2.45, 2.75) is 18.4 Å². The second-order valence-corrected chi connectivity index (χ2v) is 5.98. The van der Waals surface area contributed by atoms with Crippen LogP contribution in [-0.4, -0.2) is 63.2 Å². The smallest absolute Gasteiger partial charge is 0.260 e. The summed E-state index contributed by atoms with van der Waals surface area (Å²) in [4.78, 5) is 6.68. The van der Waals surface area contributed by atoms with Crippen molar-refractivity contribution >= 4 is 10.0 Å². The number of nitrogens with zero attached hydrogens (tertiary/aromatic N) is 2. The van der Waals surface area contributed by atoms with Crippen molar-refractivity contribution in [3.8, 4) is 0 Å². The molecule has 8 heteroatoms. The Morgan fingerprint density at radius 3 is 2.47 bits per heavy atom. The molecule has 1 heterocycles. The van der Waals surface area contributed by atoms with Crippen LogP contribution in [0.4, 0.5) is 0 Å². The number of aryl methyl sites for hydroxylation is 1. The molecule has 0 bridgehead atoms.